The van der Waals surface area contributed by atoms with Crippen LogP contribution in [0.3, 0.4) is 0 Å². The van der Waals surface area contributed by atoms with E-state index in [-0.39, 0.29) is 12.5 Å². The van der Waals surface area contributed by atoms with Gasteiger partial charge in [-0.15, -0.1) is 11.3 Å². The predicted octanol–water partition coefficient (Wildman–Crippen LogP) is 2.50. The van der Waals surface area contributed by atoms with Crippen molar-refractivity contribution in [2.75, 3.05) is 13.7 Å². The topological polar surface area (TPSA) is 87.7 Å². The minimum Gasteiger partial charge on any atom is -0.497 e. The molecule has 0 aliphatic carbocycles. The summed E-state index contributed by atoms with van der Waals surface area (Å²) in [6.45, 7) is 0.265. The van der Waals surface area contributed by atoms with Crippen LogP contribution in [0.15, 0.2) is 47.8 Å². The maximum absolute atomic E-state index is 13.0. The molecule has 1 fully saturated rings. The lowest BCUT2D eigenvalue weighted by Crippen LogP contribution is -2.54. The van der Waals surface area contributed by atoms with Gasteiger partial charge in [0.25, 0.3) is 11.8 Å². The highest BCUT2D eigenvalue weighted by molar-refractivity contribution is 7.17. The van der Waals surface area contributed by atoms with E-state index in [0.29, 0.717) is 17.9 Å². The fourth-order valence-electron chi connectivity index (χ4n) is 3.86. The third kappa shape index (κ3) is 3.20. The van der Waals surface area contributed by atoms with Gasteiger partial charge in [0.2, 0.25) is 5.54 Å². The fraction of sp³-hybridized carbons (Fsp3) is 0.174. The molecule has 8 heteroatoms. The van der Waals surface area contributed by atoms with Crippen LogP contribution in [0, 0.1) is 11.8 Å². The monoisotopic (exact) mass is 431 g/mol. The molecule has 31 heavy (non-hydrogen) atoms. The normalized spacial score (nSPS) is 19.6. The molecule has 2 aliphatic heterocycles. The van der Waals surface area contributed by atoms with Gasteiger partial charge in [0.1, 0.15) is 5.75 Å². The number of methoxy groups -OCH3 is 1. The molecule has 4 amide bonds. The van der Waals surface area contributed by atoms with Crippen molar-refractivity contribution in [1.29, 1.82) is 0 Å². The quantitative estimate of drug-likeness (QED) is 0.493. The van der Waals surface area contributed by atoms with E-state index in [2.05, 4.69) is 22.5 Å². The van der Waals surface area contributed by atoms with Crippen LogP contribution in [0.5, 0.6) is 5.75 Å². The number of urea groups is 1. The molecule has 0 radical (unpaired) electrons. The Labute approximate surface area is 182 Å². The SMILES string of the molecule is COc1ccc2c(c1)C(=O)N(C[C@@]1(C#Cc3csc4ccccc34)NC(=O)NC1=O)C2. The number of hydrogen-bond donors (Lipinski definition) is 2. The second-order valence-corrected chi connectivity index (χ2v) is 8.30. The summed E-state index contributed by atoms with van der Waals surface area (Å²) < 4.78 is 6.29. The van der Waals surface area contributed by atoms with Gasteiger partial charge in [0.15, 0.2) is 0 Å². The Hall–Kier alpha value is -3.83. The van der Waals surface area contributed by atoms with Crippen LogP contribution < -0.4 is 15.4 Å². The Morgan fingerprint density at radius 2 is 2.03 bits per heavy atom. The molecule has 1 aromatic heterocycles. The molecule has 0 saturated carbocycles. The van der Waals surface area contributed by atoms with E-state index in [1.807, 2.05) is 35.7 Å². The van der Waals surface area contributed by atoms with Crippen molar-refractivity contribution < 1.29 is 19.1 Å². The van der Waals surface area contributed by atoms with Crippen LogP contribution in [0.2, 0.25) is 0 Å². The molecule has 5 rings (SSSR count). The first-order valence-corrected chi connectivity index (χ1v) is 10.5. The molecule has 1 atom stereocenters. The van der Waals surface area contributed by atoms with Crippen LogP contribution >= 0.6 is 11.3 Å². The number of thiophene rings is 1. The number of ether oxygens (including phenoxy) is 1. The van der Waals surface area contributed by atoms with E-state index in [0.717, 1.165) is 21.2 Å². The lowest BCUT2D eigenvalue weighted by atomic mass is 9.99. The lowest BCUT2D eigenvalue weighted by Gasteiger charge is -2.26. The summed E-state index contributed by atoms with van der Waals surface area (Å²) in [4.78, 5) is 39.2. The van der Waals surface area contributed by atoms with Gasteiger partial charge in [0, 0.05) is 33.1 Å². The first-order valence-electron chi connectivity index (χ1n) is 9.58. The van der Waals surface area contributed by atoms with Crippen LogP contribution in [0.1, 0.15) is 21.5 Å². The Bertz CT molecular complexity index is 1320. The van der Waals surface area contributed by atoms with Gasteiger partial charge in [-0.05, 0) is 23.8 Å². The highest BCUT2D eigenvalue weighted by Gasteiger charge is 2.48. The number of hydrogen-bond acceptors (Lipinski definition) is 5. The van der Waals surface area contributed by atoms with Crippen molar-refractivity contribution in [3.05, 3.63) is 64.5 Å². The minimum absolute atomic E-state index is 0.0600. The summed E-state index contributed by atoms with van der Waals surface area (Å²) in [7, 11) is 1.54. The standard InChI is InChI=1S/C23H17N3O4S/c1-30-16-7-6-14-11-26(20(27)18(14)10-16)13-23(21(28)24-22(29)25-23)9-8-15-12-31-19-5-3-2-4-17(15)19/h2-7,10,12H,11,13H2,1H3,(H2,24,25,28,29)/t23-/m1/s1. The van der Waals surface area contributed by atoms with Crippen LogP contribution in [-0.2, 0) is 11.3 Å². The molecule has 3 aromatic rings. The Morgan fingerprint density at radius 1 is 1.19 bits per heavy atom. The number of rotatable bonds is 3. The highest BCUT2D eigenvalue weighted by atomic mass is 32.1. The van der Waals surface area contributed by atoms with Gasteiger partial charge in [-0.2, -0.15) is 0 Å². The summed E-state index contributed by atoms with van der Waals surface area (Å²) in [6, 6.07) is 12.5. The molecule has 2 aromatic carbocycles. The first kappa shape index (κ1) is 19.2. The largest absolute Gasteiger partial charge is 0.497 e. The van der Waals surface area contributed by atoms with Gasteiger partial charge < -0.3 is 15.0 Å². The molecule has 7 nitrogen and oxygen atoms in total. The lowest BCUT2D eigenvalue weighted by molar-refractivity contribution is -0.122. The Kier molecular flexibility index (Phi) is 4.41. The average Bonchev–Trinajstić information content (AvgIpc) is 3.41. The number of carbonyl (C=O) groups is 3. The zero-order valence-electron chi connectivity index (χ0n) is 16.5. The molecule has 3 heterocycles. The Balaban J connectivity index is 1.49. The summed E-state index contributed by atoms with van der Waals surface area (Å²) in [5.74, 6) is 5.80. The number of amides is 4. The van der Waals surface area contributed by atoms with E-state index in [1.165, 1.54) is 12.0 Å². The summed E-state index contributed by atoms with van der Waals surface area (Å²) in [5, 5.41) is 7.80. The second kappa shape index (κ2) is 7.15. The average molecular weight is 431 g/mol. The van der Waals surface area contributed by atoms with Gasteiger partial charge in [-0.25, -0.2) is 4.79 Å². The predicted molar refractivity (Wildman–Crippen MR) is 116 cm³/mol. The molecule has 0 spiro atoms. The number of carbonyl (C=O) groups excluding carboxylic acids is 3. The van der Waals surface area contributed by atoms with Crippen LogP contribution in [0.4, 0.5) is 4.79 Å². The molecule has 2 aliphatic rings. The van der Waals surface area contributed by atoms with Crippen LogP contribution in [-0.4, -0.2) is 41.9 Å². The minimum atomic E-state index is -1.53. The van der Waals surface area contributed by atoms with E-state index >= 15 is 0 Å². The fourth-order valence-corrected chi connectivity index (χ4v) is 4.75. The molecule has 0 unspecified atom stereocenters. The second-order valence-electron chi connectivity index (χ2n) is 7.39. The van der Waals surface area contributed by atoms with Crippen molar-refractivity contribution in [3.8, 4) is 17.6 Å². The van der Waals surface area contributed by atoms with Crippen molar-refractivity contribution in [1.82, 2.24) is 15.5 Å². The van der Waals surface area contributed by atoms with E-state index in [9.17, 15) is 14.4 Å². The number of benzene rings is 2. The van der Waals surface area contributed by atoms with E-state index in [4.69, 9.17) is 4.74 Å². The smallest absolute Gasteiger partial charge is 0.323 e. The zero-order chi connectivity index (χ0) is 21.6. The van der Waals surface area contributed by atoms with Gasteiger partial charge in [-0.3, -0.25) is 14.9 Å². The summed E-state index contributed by atoms with van der Waals surface area (Å²) in [6.07, 6.45) is 0. The molecule has 0 bridgehead atoms. The number of fused-ring (bicyclic) bond motifs is 2. The van der Waals surface area contributed by atoms with Crippen molar-refractivity contribution in [2.24, 2.45) is 0 Å². The molecule has 2 N–H and O–H groups in total. The molecular formula is C23H17N3O4S. The Morgan fingerprint density at radius 3 is 2.81 bits per heavy atom. The van der Waals surface area contributed by atoms with E-state index in [1.54, 1.807) is 23.5 Å². The van der Waals surface area contributed by atoms with Crippen LogP contribution in [0.25, 0.3) is 10.1 Å². The third-order valence-electron chi connectivity index (χ3n) is 5.46. The van der Waals surface area contributed by atoms with Crippen molar-refractivity contribution in [2.45, 2.75) is 12.1 Å². The summed E-state index contributed by atoms with van der Waals surface area (Å²) >= 11 is 1.56. The van der Waals surface area contributed by atoms with Crippen molar-refractivity contribution in [3.63, 3.8) is 0 Å². The molecule has 1 saturated heterocycles. The zero-order valence-corrected chi connectivity index (χ0v) is 17.3. The number of nitrogens with one attached hydrogen (secondary N) is 2. The molecular weight excluding hydrogens is 414 g/mol. The molecule has 154 valence electrons. The van der Waals surface area contributed by atoms with Gasteiger partial charge in [0.05, 0.1) is 13.7 Å². The summed E-state index contributed by atoms with van der Waals surface area (Å²) in [5.41, 5.74) is 0.607. The van der Waals surface area contributed by atoms with Crippen molar-refractivity contribution >= 4 is 39.3 Å². The maximum Gasteiger partial charge on any atom is 0.323 e. The number of imide groups is 1. The van der Waals surface area contributed by atoms with Gasteiger partial charge >= 0.3 is 6.03 Å². The van der Waals surface area contributed by atoms with E-state index < -0.39 is 17.5 Å². The maximum atomic E-state index is 13.0. The highest BCUT2D eigenvalue weighted by Crippen LogP contribution is 2.29. The first-order chi connectivity index (χ1) is 15.0. The number of nitrogens with zero attached hydrogens (tertiary/aromatic N) is 1. The third-order valence-corrected chi connectivity index (χ3v) is 6.42. The van der Waals surface area contributed by atoms with Gasteiger partial charge in [-0.1, -0.05) is 36.1 Å².